The fourth-order valence-corrected chi connectivity index (χ4v) is 8.71. The molecule has 0 amide bonds. The third-order valence-electron chi connectivity index (χ3n) is 10.5. The summed E-state index contributed by atoms with van der Waals surface area (Å²) in [5, 5.41) is 21.7. The number of hydrogen-bond donors (Lipinski definition) is 2. The van der Waals surface area contributed by atoms with Crippen molar-refractivity contribution in [3.63, 3.8) is 0 Å². The van der Waals surface area contributed by atoms with Gasteiger partial charge in [0.25, 0.3) is 0 Å². The number of aliphatic hydroxyl groups is 2. The molecule has 0 radical (unpaired) electrons. The molecule has 0 aromatic carbocycles. The standard InChI is InChI=1S/C28H50O4/c1-17(29)25-13-22(14-26(18(2)30)28(25)20-9-6-10-20)21-11-23(15-31-3)27(19-7-5-8-19)24(12-21)16-32-4/h17-30H,5-16H2,1-4H3/t17?,18?,21?,22?,23?,24?,25-,26?,27?,28?/m0/s1. The van der Waals surface area contributed by atoms with Crippen molar-refractivity contribution in [1.29, 1.82) is 0 Å². The molecule has 4 heteroatoms. The van der Waals surface area contributed by atoms with Gasteiger partial charge in [-0.15, -0.1) is 0 Å². The lowest BCUT2D eigenvalue weighted by molar-refractivity contribution is -0.100. The third kappa shape index (κ3) is 5.09. The molecule has 0 spiro atoms. The Morgan fingerprint density at radius 3 is 1.38 bits per heavy atom. The van der Waals surface area contributed by atoms with Crippen LogP contribution in [0.25, 0.3) is 0 Å². The van der Waals surface area contributed by atoms with Gasteiger partial charge >= 0.3 is 0 Å². The van der Waals surface area contributed by atoms with Crippen molar-refractivity contribution in [2.24, 2.45) is 59.2 Å². The largest absolute Gasteiger partial charge is 0.393 e. The van der Waals surface area contributed by atoms with E-state index in [4.69, 9.17) is 9.47 Å². The second kappa shape index (κ2) is 11.1. The van der Waals surface area contributed by atoms with Gasteiger partial charge in [-0.05, 0) is 98.7 Å². The van der Waals surface area contributed by atoms with E-state index in [-0.39, 0.29) is 12.2 Å². The van der Waals surface area contributed by atoms with Crippen LogP contribution in [0.1, 0.15) is 78.1 Å². The fraction of sp³-hybridized carbons (Fsp3) is 1.00. The molecule has 0 saturated heterocycles. The minimum atomic E-state index is -0.277. The second-order valence-electron chi connectivity index (χ2n) is 12.2. The van der Waals surface area contributed by atoms with Gasteiger partial charge in [0.2, 0.25) is 0 Å². The predicted octanol–water partition coefficient (Wildman–Crippen LogP) is 5.16. The average molecular weight is 451 g/mol. The Labute approximate surface area is 196 Å². The topological polar surface area (TPSA) is 58.9 Å². The first kappa shape index (κ1) is 24.9. The Balaban J connectivity index is 1.54. The highest BCUT2D eigenvalue weighted by Crippen LogP contribution is 2.56. The number of rotatable bonds is 9. The average Bonchev–Trinajstić information content (AvgIpc) is 2.67. The molecular formula is C28H50O4. The number of ether oxygens (including phenoxy) is 2. The Morgan fingerprint density at radius 1 is 0.625 bits per heavy atom. The van der Waals surface area contributed by atoms with Gasteiger partial charge in [-0.1, -0.05) is 38.5 Å². The van der Waals surface area contributed by atoms with E-state index < -0.39 is 0 Å². The van der Waals surface area contributed by atoms with Crippen molar-refractivity contribution < 1.29 is 19.7 Å². The lowest BCUT2D eigenvalue weighted by Crippen LogP contribution is -2.50. The normalized spacial score (nSPS) is 43.3. The molecule has 0 aromatic heterocycles. The number of hydrogen-bond acceptors (Lipinski definition) is 4. The molecular weight excluding hydrogens is 400 g/mol. The summed E-state index contributed by atoms with van der Waals surface area (Å²) in [5.74, 6) is 6.01. The van der Waals surface area contributed by atoms with Crippen molar-refractivity contribution in [3.8, 4) is 0 Å². The molecule has 0 aromatic rings. The molecule has 8 atom stereocenters. The molecule has 4 aliphatic rings. The van der Waals surface area contributed by atoms with Gasteiger partial charge < -0.3 is 19.7 Å². The summed E-state index contributed by atoms with van der Waals surface area (Å²) in [6.07, 6.45) is 12.3. The quantitative estimate of drug-likeness (QED) is 0.509. The monoisotopic (exact) mass is 450 g/mol. The molecule has 4 rings (SSSR count). The zero-order valence-electron chi connectivity index (χ0n) is 21.1. The Kier molecular flexibility index (Phi) is 8.62. The molecule has 4 nitrogen and oxygen atoms in total. The van der Waals surface area contributed by atoms with E-state index >= 15 is 0 Å². The van der Waals surface area contributed by atoms with E-state index in [0.29, 0.717) is 47.3 Å². The molecule has 7 unspecified atom stereocenters. The van der Waals surface area contributed by atoms with Gasteiger partial charge in [-0.2, -0.15) is 0 Å². The molecule has 4 fully saturated rings. The first-order valence-corrected chi connectivity index (χ1v) is 13.8. The van der Waals surface area contributed by atoms with Crippen molar-refractivity contribution in [1.82, 2.24) is 0 Å². The maximum Gasteiger partial charge on any atom is 0.0543 e. The Hall–Kier alpha value is -0.160. The highest BCUT2D eigenvalue weighted by atomic mass is 16.5. The molecule has 4 aliphatic carbocycles. The predicted molar refractivity (Wildman–Crippen MR) is 128 cm³/mol. The van der Waals surface area contributed by atoms with Gasteiger partial charge in [0, 0.05) is 27.4 Å². The first-order valence-electron chi connectivity index (χ1n) is 13.8. The summed E-state index contributed by atoms with van der Waals surface area (Å²) in [6, 6.07) is 0. The van der Waals surface area contributed by atoms with Crippen LogP contribution in [-0.4, -0.2) is 49.9 Å². The van der Waals surface area contributed by atoms with Crippen LogP contribution in [0, 0.1) is 59.2 Å². The molecule has 0 heterocycles. The minimum Gasteiger partial charge on any atom is -0.393 e. The summed E-state index contributed by atoms with van der Waals surface area (Å²) in [6.45, 7) is 5.75. The van der Waals surface area contributed by atoms with Gasteiger partial charge in [-0.25, -0.2) is 0 Å². The van der Waals surface area contributed by atoms with Gasteiger partial charge in [0.05, 0.1) is 12.2 Å². The number of aliphatic hydroxyl groups excluding tert-OH is 2. The van der Waals surface area contributed by atoms with Crippen LogP contribution >= 0.6 is 0 Å². The van der Waals surface area contributed by atoms with Crippen LogP contribution in [0.2, 0.25) is 0 Å². The Morgan fingerprint density at radius 2 is 1.03 bits per heavy atom. The van der Waals surface area contributed by atoms with E-state index in [1.165, 1.54) is 51.4 Å². The molecule has 0 bridgehead atoms. The van der Waals surface area contributed by atoms with E-state index in [0.717, 1.165) is 37.9 Å². The van der Waals surface area contributed by atoms with Crippen LogP contribution in [-0.2, 0) is 9.47 Å². The lowest BCUT2D eigenvalue weighted by atomic mass is 9.52. The van der Waals surface area contributed by atoms with E-state index in [2.05, 4.69) is 0 Å². The summed E-state index contributed by atoms with van der Waals surface area (Å²) < 4.78 is 11.5. The summed E-state index contributed by atoms with van der Waals surface area (Å²) in [4.78, 5) is 0. The number of methoxy groups -OCH3 is 2. The van der Waals surface area contributed by atoms with Crippen LogP contribution in [0.3, 0.4) is 0 Å². The van der Waals surface area contributed by atoms with E-state index in [9.17, 15) is 10.2 Å². The third-order valence-corrected chi connectivity index (χ3v) is 10.5. The van der Waals surface area contributed by atoms with Crippen LogP contribution in [0.4, 0.5) is 0 Å². The summed E-state index contributed by atoms with van der Waals surface area (Å²) in [7, 11) is 3.73. The highest BCUT2D eigenvalue weighted by molar-refractivity contribution is 5.00. The van der Waals surface area contributed by atoms with E-state index in [1.807, 2.05) is 28.1 Å². The highest BCUT2D eigenvalue weighted by Gasteiger charge is 2.50. The fourth-order valence-electron chi connectivity index (χ4n) is 8.71. The first-order chi connectivity index (χ1) is 15.4. The van der Waals surface area contributed by atoms with Crippen LogP contribution in [0.5, 0.6) is 0 Å². The zero-order chi connectivity index (χ0) is 22.8. The molecule has 186 valence electrons. The zero-order valence-corrected chi connectivity index (χ0v) is 21.1. The second-order valence-corrected chi connectivity index (χ2v) is 12.2. The van der Waals surface area contributed by atoms with Gasteiger partial charge in [0.1, 0.15) is 0 Å². The lowest BCUT2D eigenvalue weighted by Gasteiger charge is -2.54. The van der Waals surface area contributed by atoms with Crippen LogP contribution in [0.15, 0.2) is 0 Å². The Bertz CT molecular complexity index is 536. The molecule has 0 aliphatic heterocycles. The van der Waals surface area contributed by atoms with Crippen molar-refractivity contribution in [3.05, 3.63) is 0 Å². The summed E-state index contributed by atoms with van der Waals surface area (Å²) >= 11 is 0. The van der Waals surface area contributed by atoms with Crippen molar-refractivity contribution >= 4 is 0 Å². The van der Waals surface area contributed by atoms with Gasteiger partial charge in [-0.3, -0.25) is 0 Å². The maximum absolute atomic E-state index is 10.8. The SMILES string of the molecule is COCC1CC(C2CC(C(C)O)C(C3CCC3)[C@H](C(C)O)C2)CC(COC)C1C1CCC1. The maximum atomic E-state index is 10.8. The molecule has 2 N–H and O–H groups in total. The van der Waals surface area contributed by atoms with Crippen LogP contribution < -0.4 is 0 Å². The van der Waals surface area contributed by atoms with Crippen molar-refractivity contribution in [2.75, 3.05) is 27.4 Å². The molecule has 4 saturated carbocycles. The summed E-state index contributed by atoms with van der Waals surface area (Å²) in [5.41, 5.74) is 0. The smallest absolute Gasteiger partial charge is 0.0543 e. The van der Waals surface area contributed by atoms with Crippen molar-refractivity contribution in [2.45, 2.75) is 90.3 Å². The van der Waals surface area contributed by atoms with Gasteiger partial charge in [0.15, 0.2) is 0 Å². The molecule has 32 heavy (non-hydrogen) atoms. The van der Waals surface area contributed by atoms with E-state index in [1.54, 1.807) is 0 Å². The minimum absolute atomic E-state index is 0.277.